The fraction of sp³-hybridized carbons (Fsp3) is 0.971. The van der Waals surface area contributed by atoms with Crippen LogP contribution in [0.4, 0.5) is 0 Å². The average molecular weight is 633 g/mol. The molecule has 0 amide bonds. The smallest absolute Gasteiger partial charge is 0.306 e. The van der Waals surface area contributed by atoms with Crippen LogP contribution in [0.3, 0.4) is 0 Å². The number of aliphatic hydroxyl groups is 4. The predicted octanol–water partition coefficient (Wildman–Crippen LogP) is 6.35. The highest BCUT2D eigenvalue weighted by Gasteiger charge is 2.44. The van der Waals surface area contributed by atoms with Gasteiger partial charge in [-0.05, 0) is 12.8 Å². The fourth-order valence-corrected chi connectivity index (χ4v) is 5.61. The van der Waals surface area contributed by atoms with Crippen molar-refractivity contribution in [1.82, 2.24) is 0 Å². The summed E-state index contributed by atoms with van der Waals surface area (Å²) in [7, 11) is 0. The van der Waals surface area contributed by atoms with Gasteiger partial charge in [-0.15, -0.1) is 0 Å². The summed E-state index contributed by atoms with van der Waals surface area (Å²) in [5.41, 5.74) is 0. The molecular formula is C35H68O9. The Hall–Kier alpha value is -0.810. The summed E-state index contributed by atoms with van der Waals surface area (Å²) in [5.74, 6) is -0.315. The van der Waals surface area contributed by atoms with Crippen LogP contribution in [-0.4, -0.2) is 89.6 Å². The Bertz CT molecular complexity index is 648. The van der Waals surface area contributed by atoms with E-state index in [-0.39, 0.29) is 19.2 Å². The lowest BCUT2D eigenvalue weighted by atomic mass is 9.99. The van der Waals surface area contributed by atoms with E-state index in [0.29, 0.717) is 13.0 Å². The van der Waals surface area contributed by atoms with Crippen molar-refractivity contribution in [3.8, 4) is 0 Å². The molecule has 9 heteroatoms. The Kier molecular flexibility index (Phi) is 26.6. The maximum absolute atomic E-state index is 12.6. The SMILES string of the molecule is CCCCCCCCCCCCCCCCCC(=O)OC(COCCCCCCCC)COC1OC(CO)C(O)C(O)C1O. The molecule has 1 rings (SSSR count). The lowest BCUT2D eigenvalue weighted by Gasteiger charge is -2.39. The quantitative estimate of drug-likeness (QED) is 0.0527. The number of unbranched alkanes of at least 4 members (excludes halogenated alkanes) is 19. The topological polar surface area (TPSA) is 135 Å². The minimum atomic E-state index is -1.53. The summed E-state index contributed by atoms with van der Waals surface area (Å²) in [6, 6.07) is 0. The molecule has 1 heterocycles. The molecule has 0 radical (unpaired) electrons. The first-order valence-corrected chi connectivity index (χ1v) is 18.1. The Morgan fingerprint density at radius 2 is 1.11 bits per heavy atom. The molecule has 44 heavy (non-hydrogen) atoms. The normalized spacial score (nSPS) is 22.7. The average Bonchev–Trinajstić information content (AvgIpc) is 3.02. The van der Waals surface area contributed by atoms with Crippen molar-refractivity contribution in [2.24, 2.45) is 0 Å². The van der Waals surface area contributed by atoms with Gasteiger partial charge < -0.3 is 39.4 Å². The first-order chi connectivity index (χ1) is 21.4. The van der Waals surface area contributed by atoms with Crippen LogP contribution in [0.25, 0.3) is 0 Å². The van der Waals surface area contributed by atoms with Crippen molar-refractivity contribution < 1.29 is 44.2 Å². The van der Waals surface area contributed by atoms with Gasteiger partial charge in [0.15, 0.2) is 6.29 Å². The zero-order chi connectivity index (χ0) is 32.3. The first kappa shape index (κ1) is 41.2. The van der Waals surface area contributed by atoms with Gasteiger partial charge in [0.25, 0.3) is 0 Å². The summed E-state index contributed by atoms with van der Waals surface area (Å²) in [5, 5.41) is 39.7. The summed E-state index contributed by atoms with van der Waals surface area (Å²) in [6.45, 7) is 4.51. The van der Waals surface area contributed by atoms with Crippen molar-refractivity contribution >= 4 is 5.97 Å². The highest BCUT2D eigenvalue weighted by molar-refractivity contribution is 5.69. The van der Waals surface area contributed by atoms with Crippen LogP contribution < -0.4 is 0 Å². The molecule has 1 aliphatic heterocycles. The molecule has 0 aromatic rings. The van der Waals surface area contributed by atoms with Gasteiger partial charge in [0.1, 0.15) is 30.5 Å². The molecule has 0 aromatic heterocycles. The summed E-state index contributed by atoms with van der Waals surface area (Å²) >= 11 is 0. The lowest BCUT2D eigenvalue weighted by molar-refractivity contribution is -0.305. The summed E-state index contributed by atoms with van der Waals surface area (Å²) < 4.78 is 22.5. The molecular weight excluding hydrogens is 564 g/mol. The van der Waals surface area contributed by atoms with E-state index in [9.17, 15) is 25.2 Å². The first-order valence-electron chi connectivity index (χ1n) is 18.1. The number of hydrogen-bond acceptors (Lipinski definition) is 9. The third-order valence-electron chi connectivity index (χ3n) is 8.52. The van der Waals surface area contributed by atoms with Crippen molar-refractivity contribution in [1.29, 1.82) is 0 Å². The van der Waals surface area contributed by atoms with Crippen molar-refractivity contribution in [2.75, 3.05) is 26.4 Å². The molecule has 4 N–H and O–H groups in total. The van der Waals surface area contributed by atoms with Crippen LogP contribution in [0.15, 0.2) is 0 Å². The van der Waals surface area contributed by atoms with Crippen LogP contribution in [0.2, 0.25) is 0 Å². The fourth-order valence-electron chi connectivity index (χ4n) is 5.61. The molecule has 6 atom stereocenters. The molecule has 0 spiro atoms. The van der Waals surface area contributed by atoms with Crippen molar-refractivity contribution in [3.05, 3.63) is 0 Å². The molecule has 0 bridgehead atoms. The van der Waals surface area contributed by atoms with E-state index in [1.165, 1.54) is 103 Å². The lowest BCUT2D eigenvalue weighted by Crippen LogP contribution is -2.59. The second-order valence-electron chi connectivity index (χ2n) is 12.7. The van der Waals surface area contributed by atoms with Gasteiger partial charge in [0.05, 0.1) is 19.8 Å². The molecule has 1 aliphatic rings. The monoisotopic (exact) mass is 632 g/mol. The maximum atomic E-state index is 12.6. The molecule has 0 saturated carbocycles. The van der Waals surface area contributed by atoms with Crippen molar-refractivity contribution in [3.63, 3.8) is 0 Å². The van der Waals surface area contributed by atoms with Gasteiger partial charge in [0.2, 0.25) is 0 Å². The zero-order valence-corrected chi connectivity index (χ0v) is 28.2. The van der Waals surface area contributed by atoms with Gasteiger partial charge in [0, 0.05) is 13.0 Å². The van der Waals surface area contributed by atoms with Crippen LogP contribution in [0.1, 0.15) is 155 Å². The Balaban J connectivity index is 2.28. The number of esters is 1. The van der Waals surface area contributed by atoms with Gasteiger partial charge >= 0.3 is 5.97 Å². The molecule has 1 saturated heterocycles. The minimum absolute atomic E-state index is 0.107. The molecule has 262 valence electrons. The molecule has 6 unspecified atom stereocenters. The number of rotatable bonds is 30. The van der Waals surface area contributed by atoms with Crippen LogP contribution in [0, 0.1) is 0 Å². The Morgan fingerprint density at radius 1 is 0.636 bits per heavy atom. The van der Waals surface area contributed by atoms with E-state index >= 15 is 0 Å². The number of aliphatic hydroxyl groups excluding tert-OH is 4. The van der Waals surface area contributed by atoms with Crippen LogP contribution >= 0.6 is 0 Å². The third-order valence-corrected chi connectivity index (χ3v) is 8.52. The van der Waals surface area contributed by atoms with E-state index in [0.717, 1.165) is 32.1 Å². The number of carbonyl (C=O) groups excluding carboxylic acids is 1. The van der Waals surface area contributed by atoms with Gasteiger partial charge in [-0.1, -0.05) is 136 Å². The van der Waals surface area contributed by atoms with E-state index in [1.54, 1.807) is 0 Å². The van der Waals surface area contributed by atoms with Gasteiger partial charge in [-0.25, -0.2) is 0 Å². The third kappa shape index (κ3) is 20.3. The summed E-state index contributed by atoms with van der Waals surface area (Å²) in [4.78, 5) is 12.6. The molecule has 0 aromatic carbocycles. The minimum Gasteiger partial charge on any atom is -0.457 e. The second-order valence-corrected chi connectivity index (χ2v) is 12.7. The van der Waals surface area contributed by atoms with Gasteiger partial charge in [-0.2, -0.15) is 0 Å². The predicted molar refractivity (Wildman–Crippen MR) is 173 cm³/mol. The van der Waals surface area contributed by atoms with Crippen LogP contribution in [0.5, 0.6) is 0 Å². The zero-order valence-electron chi connectivity index (χ0n) is 28.2. The number of ether oxygens (including phenoxy) is 4. The second kappa shape index (κ2) is 28.4. The Morgan fingerprint density at radius 3 is 1.61 bits per heavy atom. The van der Waals surface area contributed by atoms with E-state index in [4.69, 9.17) is 18.9 Å². The highest BCUT2D eigenvalue weighted by Crippen LogP contribution is 2.22. The number of carbonyl (C=O) groups is 1. The summed E-state index contributed by atoms with van der Waals surface area (Å²) in [6.07, 6.45) is 18.6. The van der Waals surface area contributed by atoms with E-state index < -0.39 is 43.4 Å². The van der Waals surface area contributed by atoms with Crippen LogP contribution in [-0.2, 0) is 23.7 Å². The maximum Gasteiger partial charge on any atom is 0.306 e. The largest absolute Gasteiger partial charge is 0.457 e. The van der Waals surface area contributed by atoms with Crippen molar-refractivity contribution in [2.45, 2.75) is 192 Å². The highest BCUT2D eigenvalue weighted by atomic mass is 16.7. The molecule has 9 nitrogen and oxygen atoms in total. The molecule has 0 aliphatic carbocycles. The molecule has 1 fully saturated rings. The van der Waals surface area contributed by atoms with E-state index in [2.05, 4.69) is 13.8 Å². The van der Waals surface area contributed by atoms with E-state index in [1.807, 2.05) is 0 Å². The standard InChI is InChI=1S/C35H68O9/c1-3-5-7-9-11-12-13-14-15-16-17-18-19-20-22-24-31(37)43-29(27-41-25-23-21-10-8-6-4-2)28-42-35-34(40)33(39)32(38)30(26-36)44-35/h29-30,32-36,38-40H,3-28H2,1-2H3. The Labute approximate surface area is 268 Å². The van der Waals surface area contributed by atoms with Gasteiger partial charge in [-0.3, -0.25) is 4.79 Å². The number of hydrogen-bond donors (Lipinski definition) is 4.